The van der Waals surface area contributed by atoms with E-state index in [9.17, 15) is 4.39 Å². The molecule has 0 amide bonds. The minimum atomic E-state index is -0.177. The highest BCUT2D eigenvalue weighted by atomic mass is 19.1. The second kappa shape index (κ2) is 6.27. The number of rotatable bonds is 4. The standard InChI is InChI=1S/C18H23FN2/c1-12-7-13(2)9-16(8-12)21(4)18(11-20)15-5-6-17(19)14(3)10-15/h5-10,18H,11,20H2,1-4H3. The number of hydrogen-bond acceptors (Lipinski definition) is 2. The fraction of sp³-hybridized carbons (Fsp3) is 0.333. The van der Waals surface area contributed by atoms with Gasteiger partial charge in [-0.2, -0.15) is 0 Å². The van der Waals surface area contributed by atoms with E-state index in [-0.39, 0.29) is 11.9 Å². The van der Waals surface area contributed by atoms with E-state index in [0.717, 1.165) is 11.3 Å². The zero-order valence-electron chi connectivity index (χ0n) is 13.2. The van der Waals surface area contributed by atoms with Crippen LogP contribution in [-0.2, 0) is 0 Å². The molecule has 0 spiro atoms. The van der Waals surface area contributed by atoms with Gasteiger partial charge in [0.15, 0.2) is 0 Å². The van der Waals surface area contributed by atoms with Crippen molar-refractivity contribution < 1.29 is 4.39 Å². The third-order valence-electron chi connectivity index (χ3n) is 3.87. The molecule has 21 heavy (non-hydrogen) atoms. The zero-order chi connectivity index (χ0) is 15.6. The van der Waals surface area contributed by atoms with Crippen LogP contribution in [0.4, 0.5) is 10.1 Å². The first-order chi connectivity index (χ1) is 9.92. The number of nitrogens with zero attached hydrogens (tertiary/aromatic N) is 1. The van der Waals surface area contributed by atoms with Crippen LogP contribution in [0.25, 0.3) is 0 Å². The van der Waals surface area contributed by atoms with Crippen molar-refractivity contribution in [1.29, 1.82) is 0 Å². The highest BCUT2D eigenvalue weighted by Crippen LogP contribution is 2.27. The molecule has 3 heteroatoms. The topological polar surface area (TPSA) is 29.3 Å². The molecule has 0 aliphatic rings. The lowest BCUT2D eigenvalue weighted by Gasteiger charge is -2.30. The van der Waals surface area contributed by atoms with E-state index in [2.05, 4.69) is 36.9 Å². The lowest BCUT2D eigenvalue weighted by molar-refractivity contribution is 0.613. The summed E-state index contributed by atoms with van der Waals surface area (Å²) < 4.78 is 13.5. The SMILES string of the molecule is Cc1cc(C)cc(N(C)C(CN)c2ccc(F)c(C)c2)c1. The molecule has 112 valence electrons. The van der Waals surface area contributed by atoms with Crippen LogP contribution in [-0.4, -0.2) is 13.6 Å². The van der Waals surface area contributed by atoms with Gasteiger partial charge in [0.05, 0.1) is 6.04 Å². The Hall–Kier alpha value is -1.87. The van der Waals surface area contributed by atoms with Crippen molar-refractivity contribution in [2.24, 2.45) is 5.73 Å². The largest absolute Gasteiger partial charge is 0.366 e. The molecule has 2 aromatic rings. The van der Waals surface area contributed by atoms with Crippen LogP contribution in [0, 0.1) is 26.6 Å². The number of anilines is 1. The third kappa shape index (κ3) is 3.42. The van der Waals surface area contributed by atoms with Crippen LogP contribution in [0.1, 0.15) is 28.3 Å². The van der Waals surface area contributed by atoms with Gasteiger partial charge in [-0.05, 0) is 61.2 Å². The summed E-state index contributed by atoms with van der Waals surface area (Å²) in [6, 6.07) is 11.7. The van der Waals surface area contributed by atoms with Gasteiger partial charge in [0.25, 0.3) is 0 Å². The smallest absolute Gasteiger partial charge is 0.126 e. The lowest BCUT2D eigenvalue weighted by Crippen LogP contribution is -2.30. The number of nitrogens with two attached hydrogens (primary N) is 1. The van der Waals surface area contributed by atoms with Crippen molar-refractivity contribution in [2.75, 3.05) is 18.5 Å². The molecule has 2 aromatic carbocycles. The number of likely N-dealkylation sites (N-methyl/N-ethyl adjacent to an activating group) is 1. The van der Waals surface area contributed by atoms with Gasteiger partial charge in [-0.15, -0.1) is 0 Å². The Bertz CT molecular complexity index is 617. The monoisotopic (exact) mass is 286 g/mol. The van der Waals surface area contributed by atoms with E-state index in [1.54, 1.807) is 6.92 Å². The molecular formula is C18H23FN2. The van der Waals surface area contributed by atoms with Gasteiger partial charge >= 0.3 is 0 Å². The van der Waals surface area contributed by atoms with Gasteiger partial charge < -0.3 is 10.6 Å². The maximum atomic E-state index is 13.5. The summed E-state index contributed by atoms with van der Waals surface area (Å²) in [4.78, 5) is 2.16. The van der Waals surface area contributed by atoms with E-state index >= 15 is 0 Å². The Kier molecular flexibility index (Phi) is 4.63. The van der Waals surface area contributed by atoms with Crippen molar-refractivity contribution in [2.45, 2.75) is 26.8 Å². The summed E-state index contributed by atoms with van der Waals surface area (Å²) in [5.74, 6) is -0.177. The highest BCUT2D eigenvalue weighted by Gasteiger charge is 2.17. The summed E-state index contributed by atoms with van der Waals surface area (Å²) in [6.45, 7) is 6.44. The second-order valence-electron chi connectivity index (χ2n) is 5.72. The Labute approximate surface area is 126 Å². The Morgan fingerprint density at radius 3 is 2.19 bits per heavy atom. The maximum Gasteiger partial charge on any atom is 0.126 e. The number of aryl methyl sites for hydroxylation is 3. The molecule has 0 fully saturated rings. The molecule has 0 aromatic heterocycles. The molecule has 0 saturated heterocycles. The predicted octanol–water partition coefficient (Wildman–Crippen LogP) is 3.89. The van der Waals surface area contributed by atoms with Crippen molar-refractivity contribution in [1.82, 2.24) is 0 Å². The molecule has 2 nitrogen and oxygen atoms in total. The molecule has 1 atom stereocenters. The number of benzene rings is 2. The summed E-state index contributed by atoms with van der Waals surface area (Å²) in [7, 11) is 2.03. The fourth-order valence-electron chi connectivity index (χ4n) is 2.73. The summed E-state index contributed by atoms with van der Waals surface area (Å²) >= 11 is 0. The quantitative estimate of drug-likeness (QED) is 0.924. The summed E-state index contributed by atoms with van der Waals surface area (Å²) in [6.07, 6.45) is 0. The van der Waals surface area contributed by atoms with E-state index < -0.39 is 0 Å². The summed E-state index contributed by atoms with van der Waals surface area (Å²) in [5.41, 5.74) is 11.2. The first-order valence-electron chi connectivity index (χ1n) is 7.19. The minimum absolute atomic E-state index is 0.0329. The highest BCUT2D eigenvalue weighted by molar-refractivity contribution is 5.52. The average Bonchev–Trinajstić information content (AvgIpc) is 2.42. The Balaban J connectivity index is 2.37. The Morgan fingerprint density at radius 2 is 1.67 bits per heavy atom. The van der Waals surface area contributed by atoms with Gasteiger partial charge in [-0.1, -0.05) is 18.2 Å². The second-order valence-corrected chi connectivity index (χ2v) is 5.72. The van der Waals surface area contributed by atoms with E-state index in [1.165, 1.54) is 17.2 Å². The van der Waals surface area contributed by atoms with E-state index in [4.69, 9.17) is 5.73 Å². The van der Waals surface area contributed by atoms with Gasteiger partial charge in [0.2, 0.25) is 0 Å². The first-order valence-corrected chi connectivity index (χ1v) is 7.19. The fourth-order valence-corrected chi connectivity index (χ4v) is 2.73. The molecule has 0 radical (unpaired) electrons. The number of halogens is 1. The van der Waals surface area contributed by atoms with Crippen molar-refractivity contribution in [3.8, 4) is 0 Å². The molecule has 0 aliphatic heterocycles. The normalized spacial score (nSPS) is 12.3. The van der Waals surface area contributed by atoms with Crippen molar-refractivity contribution in [3.63, 3.8) is 0 Å². The molecule has 0 saturated carbocycles. The van der Waals surface area contributed by atoms with Crippen LogP contribution in [0.15, 0.2) is 36.4 Å². The van der Waals surface area contributed by atoms with Crippen molar-refractivity contribution >= 4 is 5.69 Å². The molecule has 2 N–H and O–H groups in total. The Morgan fingerprint density at radius 1 is 1.05 bits per heavy atom. The molecule has 0 heterocycles. The zero-order valence-corrected chi connectivity index (χ0v) is 13.2. The van der Waals surface area contributed by atoms with Gasteiger partial charge in [-0.3, -0.25) is 0 Å². The van der Waals surface area contributed by atoms with Gasteiger partial charge in [-0.25, -0.2) is 4.39 Å². The number of hydrogen-bond donors (Lipinski definition) is 1. The predicted molar refractivity (Wildman–Crippen MR) is 87.3 cm³/mol. The van der Waals surface area contributed by atoms with Gasteiger partial charge in [0.1, 0.15) is 5.82 Å². The molecular weight excluding hydrogens is 263 g/mol. The van der Waals surface area contributed by atoms with Crippen molar-refractivity contribution in [3.05, 3.63) is 64.5 Å². The van der Waals surface area contributed by atoms with E-state index in [1.807, 2.05) is 19.2 Å². The van der Waals surface area contributed by atoms with Crippen LogP contribution in [0.5, 0.6) is 0 Å². The van der Waals surface area contributed by atoms with Crippen LogP contribution in [0.3, 0.4) is 0 Å². The van der Waals surface area contributed by atoms with Crippen LogP contribution < -0.4 is 10.6 Å². The molecule has 2 rings (SSSR count). The van der Waals surface area contributed by atoms with Crippen LogP contribution in [0.2, 0.25) is 0 Å². The third-order valence-corrected chi connectivity index (χ3v) is 3.87. The van der Waals surface area contributed by atoms with E-state index in [0.29, 0.717) is 12.1 Å². The van der Waals surface area contributed by atoms with Crippen LogP contribution >= 0.6 is 0 Å². The maximum absolute atomic E-state index is 13.5. The first kappa shape index (κ1) is 15.5. The average molecular weight is 286 g/mol. The van der Waals surface area contributed by atoms with Gasteiger partial charge in [0, 0.05) is 19.3 Å². The molecule has 0 bridgehead atoms. The minimum Gasteiger partial charge on any atom is -0.366 e. The molecule has 0 aliphatic carbocycles. The lowest BCUT2D eigenvalue weighted by atomic mass is 10.0. The molecule has 1 unspecified atom stereocenters. The summed E-state index contributed by atoms with van der Waals surface area (Å²) in [5, 5.41) is 0.